The SMILES string of the molecule is COc1cc(CC(OC)C(=O)O)c(OC)cn1. The first-order chi connectivity index (χ1) is 8.12. The molecule has 0 fully saturated rings. The van der Waals surface area contributed by atoms with Gasteiger partial charge in [-0.15, -0.1) is 0 Å². The molecule has 0 aliphatic carbocycles. The van der Waals surface area contributed by atoms with E-state index >= 15 is 0 Å². The third-order valence-corrected chi connectivity index (χ3v) is 2.32. The van der Waals surface area contributed by atoms with E-state index in [4.69, 9.17) is 19.3 Å². The number of aliphatic carboxylic acids is 1. The predicted octanol–water partition coefficient (Wildman–Crippen LogP) is 0.741. The number of hydrogen-bond acceptors (Lipinski definition) is 5. The molecule has 6 heteroatoms. The van der Waals surface area contributed by atoms with Gasteiger partial charge in [-0.1, -0.05) is 0 Å². The van der Waals surface area contributed by atoms with Crippen molar-refractivity contribution in [2.24, 2.45) is 0 Å². The lowest BCUT2D eigenvalue weighted by atomic mass is 10.1. The Bertz CT molecular complexity index is 393. The van der Waals surface area contributed by atoms with E-state index in [1.807, 2.05) is 0 Å². The van der Waals surface area contributed by atoms with Crippen molar-refractivity contribution in [1.29, 1.82) is 0 Å². The van der Waals surface area contributed by atoms with Crippen LogP contribution in [0.4, 0.5) is 0 Å². The number of methoxy groups -OCH3 is 3. The minimum absolute atomic E-state index is 0.188. The highest BCUT2D eigenvalue weighted by Gasteiger charge is 2.19. The number of ether oxygens (including phenoxy) is 3. The Morgan fingerprint density at radius 1 is 1.41 bits per heavy atom. The number of rotatable bonds is 6. The molecule has 1 unspecified atom stereocenters. The molecule has 0 saturated carbocycles. The van der Waals surface area contributed by atoms with E-state index < -0.39 is 12.1 Å². The van der Waals surface area contributed by atoms with Gasteiger partial charge >= 0.3 is 5.97 Å². The molecule has 0 aliphatic rings. The Kier molecular flexibility index (Phi) is 4.71. The number of aromatic nitrogens is 1. The van der Waals surface area contributed by atoms with Gasteiger partial charge in [-0.2, -0.15) is 0 Å². The topological polar surface area (TPSA) is 77.9 Å². The molecule has 1 atom stereocenters. The lowest BCUT2D eigenvalue weighted by Gasteiger charge is -2.13. The summed E-state index contributed by atoms with van der Waals surface area (Å²) in [6.07, 6.45) is 0.757. The first kappa shape index (κ1) is 13.2. The van der Waals surface area contributed by atoms with Crippen LogP contribution in [0.2, 0.25) is 0 Å². The van der Waals surface area contributed by atoms with Crippen LogP contribution in [0.5, 0.6) is 11.6 Å². The van der Waals surface area contributed by atoms with Gasteiger partial charge in [-0.05, 0) is 0 Å². The zero-order valence-electron chi connectivity index (χ0n) is 9.97. The molecule has 1 N–H and O–H groups in total. The van der Waals surface area contributed by atoms with Gasteiger partial charge in [0.1, 0.15) is 5.75 Å². The standard InChI is InChI=1S/C11H15NO5/c1-15-8(11(13)14)4-7-5-10(17-3)12-6-9(7)16-2/h5-6,8H,4H2,1-3H3,(H,13,14). The summed E-state index contributed by atoms with van der Waals surface area (Å²) >= 11 is 0. The maximum Gasteiger partial charge on any atom is 0.333 e. The fourth-order valence-corrected chi connectivity index (χ4v) is 1.39. The fourth-order valence-electron chi connectivity index (χ4n) is 1.39. The Labute approximate surface area is 99.1 Å². The summed E-state index contributed by atoms with van der Waals surface area (Å²) in [6.45, 7) is 0. The highest BCUT2D eigenvalue weighted by molar-refractivity contribution is 5.72. The molecule has 1 aromatic heterocycles. The predicted molar refractivity (Wildman–Crippen MR) is 59.5 cm³/mol. The molecule has 1 aromatic rings. The molecule has 1 rings (SSSR count). The maximum absolute atomic E-state index is 10.9. The smallest absolute Gasteiger partial charge is 0.333 e. The van der Waals surface area contributed by atoms with Crippen molar-refractivity contribution in [3.8, 4) is 11.6 Å². The van der Waals surface area contributed by atoms with Crippen LogP contribution in [-0.2, 0) is 16.0 Å². The summed E-state index contributed by atoms with van der Waals surface area (Å²) in [6, 6.07) is 1.63. The van der Waals surface area contributed by atoms with Crippen molar-refractivity contribution in [3.05, 3.63) is 17.8 Å². The summed E-state index contributed by atoms with van der Waals surface area (Å²) < 4.78 is 15.0. The van der Waals surface area contributed by atoms with Gasteiger partial charge < -0.3 is 19.3 Å². The van der Waals surface area contributed by atoms with Crippen LogP contribution in [0.1, 0.15) is 5.56 Å². The normalized spacial score (nSPS) is 11.9. The van der Waals surface area contributed by atoms with Gasteiger partial charge in [0.25, 0.3) is 0 Å². The Balaban J connectivity index is 2.97. The molecule has 0 spiro atoms. The van der Waals surface area contributed by atoms with Crippen LogP contribution in [0.25, 0.3) is 0 Å². The molecule has 94 valence electrons. The molecule has 0 amide bonds. The van der Waals surface area contributed by atoms with E-state index in [0.717, 1.165) is 0 Å². The van der Waals surface area contributed by atoms with Crippen molar-refractivity contribution in [1.82, 2.24) is 4.98 Å². The van der Waals surface area contributed by atoms with Crippen LogP contribution < -0.4 is 9.47 Å². The first-order valence-electron chi connectivity index (χ1n) is 4.94. The van der Waals surface area contributed by atoms with Crippen LogP contribution in [0.15, 0.2) is 12.3 Å². The van der Waals surface area contributed by atoms with Crippen molar-refractivity contribution in [3.63, 3.8) is 0 Å². The monoisotopic (exact) mass is 241 g/mol. The molecule has 6 nitrogen and oxygen atoms in total. The Morgan fingerprint density at radius 3 is 2.59 bits per heavy atom. The number of carboxylic acids is 1. The van der Waals surface area contributed by atoms with Crippen LogP contribution in [-0.4, -0.2) is 43.5 Å². The second-order valence-corrected chi connectivity index (χ2v) is 3.31. The maximum atomic E-state index is 10.9. The van der Waals surface area contributed by atoms with E-state index in [2.05, 4.69) is 4.98 Å². The quantitative estimate of drug-likeness (QED) is 0.791. The summed E-state index contributed by atoms with van der Waals surface area (Å²) in [4.78, 5) is 14.8. The van der Waals surface area contributed by atoms with Crippen molar-refractivity contribution >= 4 is 5.97 Å². The third kappa shape index (κ3) is 3.32. The van der Waals surface area contributed by atoms with Gasteiger partial charge in [0, 0.05) is 25.2 Å². The van der Waals surface area contributed by atoms with Crippen molar-refractivity contribution in [2.75, 3.05) is 21.3 Å². The lowest BCUT2D eigenvalue weighted by Crippen LogP contribution is -2.25. The van der Waals surface area contributed by atoms with Crippen molar-refractivity contribution < 1.29 is 24.1 Å². The molecule has 0 bridgehead atoms. The van der Waals surface area contributed by atoms with Gasteiger partial charge in [0.2, 0.25) is 5.88 Å². The Morgan fingerprint density at radius 2 is 2.12 bits per heavy atom. The minimum Gasteiger partial charge on any atom is -0.495 e. The zero-order valence-corrected chi connectivity index (χ0v) is 9.97. The highest BCUT2D eigenvalue weighted by Crippen LogP contribution is 2.23. The number of carboxylic acid groups (broad SMARTS) is 1. The minimum atomic E-state index is -1.02. The van der Waals surface area contributed by atoms with E-state index in [-0.39, 0.29) is 6.42 Å². The van der Waals surface area contributed by atoms with Crippen LogP contribution >= 0.6 is 0 Å². The molecule has 0 aliphatic heterocycles. The highest BCUT2D eigenvalue weighted by atomic mass is 16.5. The molecule has 0 saturated heterocycles. The average molecular weight is 241 g/mol. The largest absolute Gasteiger partial charge is 0.495 e. The summed E-state index contributed by atoms with van der Waals surface area (Å²) in [5, 5.41) is 8.91. The molecule has 17 heavy (non-hydrogen) atoms. The summed E-state index contributed by atoms with van der Waals surface area (Å²) in [7, 11) is 4.34. The Hall–Kier alpha value is -1.82. The van der Waals surface area contributed by atoms with E-state index in [9.17, 15) is 4.79 Å². The van der Waals surface area contributed by atoms with E-state index in [1.54, 1.807) is 6.07 Å². The van der Waals surface area contributed by atoms with Crippen molar-refractivity contribution in [2.45, 2.75) is 12.5 Å². The lowest BCUT2D eigenvalue weighted by molar-refractivity contribution is -0.148. The average Bonchev–Trinajstić information content (AvgIpc) is 2.35. The second kappa shape index (κ2) is 6.05. The van der Waals surface area contributed by atoms with Crippen LogP contribution in [0.3, 0.4) is 0 Å². The second-order valence-electron chi connectivity index (χ2n) is 3.31. The van der Waals surface area contributed by atoms with Crippen LogP contribution in [0, 0.1) is 0 Å². The zero-order chi connectivity index (χ0) is 12.8. The third-order valence-electron chi connectivity index (χ3n) is 2.32. The number of nitrogens with zero attached hydrogens (tertiary/aromatic N) is 1. The van der Waals surface area contributed by atoms with E-state index in [0.29, 0.717) is 17.2 Å². The number of carbonyl (C=O) groups is 1. The first-order valence-corrected chi connectivity index (χ1v) is 4.94. The van der Waals surface area contributed by atoms with Gasteiger partial charge in [-0.3, -0.25) is 0 Å². The molecule has 0 radical (unpaired) electrons. The molecular weight excluding hydrogens is 226 g/mol. The summed E-state index contributed by atoms with van der Waals surface area (Å²) in [5.74, 6) is -0.111. The van der Waals surface area contributed by atoms with Gasteiger partial charge in [0.15, 0.2) is 6.10 Å². The van der Waals surface area contributed by atoms with E-state index in [1.165, 1.54) is 27.5 Å². The molecule has 1 heterocycles. The fraction of sp³-hybridized carbons (Fsp3) is 0.455. The summed E-state index contributed by atoms with van der Waals surface area (Å²) in [5.41, 5.74) is 0.675. The van der Waals surface area contributed by atoms with Gasteiger partial charge in [-0.25, -0.2) is 9.78 Å². The number of pyridine rings is 1. The molecule has 0 aromatic carbocycles. The number of hydrogen-bond donors (Lipinski definition) is 1. The molecular formula is C11H15NO5. The van der Waals surface area contributed by atoms with Gasteiger partial charge in [0.05, 0.1) is 20.4 Å².